The van der Waals surface area contributed by atoms with Crippen molar-refractivity contribution >= 4 is 12.6 Å². The maximum absolute atomic E-state index is 13.8. The molecule has 0 radical (unpaired) electrons. The fourth-order valence-corrected chi connectivity index (χ4v) is 2.13. The van der Waals surface area contributed by atoms with Gasteiger partial charge in [-0.1, -0.05) is 30.3 Å². The van der Waals surface area contributed by atoms with E-state index in [0.717, 1.165) is 18.2 Å². The van der Waals surface area contributed by atoms with E-state index in [4.69, 9.17) is 0 Å². The molecule has 1 aromatic carbocycles. The van der Waals surface area contributed by atoms with Crippen LogP contribution in [-0.4, -0.2) is 35.8 Å². The van der Waals surface area contributed by atoms with Gasteiger partial charge < -0.3 is 0 Å². The van der Waals surface area contributed by atoms with Gasteiger partial charge in [-0.05, 0) is 5.56 Å². The maximum Gasteiger partial charge on any atom is 0.460 e. The summed E-state index contributed by atoms with van der Waals surface area (Å²) >= 11 is 2.93. The van der Waals surface area contributed by atoms with Crippen LogP contribution in [0.5, 0.6) is 0 Å². The van der Waals surface area contributed by atoms with Crippen molar-refractivity contribution in [2.24, 2.45) is 0 Å². The number of halogens is 13. The first-order chi connectivity index (χ1) is 11.8. The Hall–Kier alpha value is -1.34. The zero-order valence-corrected chi connectivity index (χ0v) is 13.2. The van der Waals surface area contributed by atoms with Crippen molar-refractivity contribution in [2.45, 2.75) is 41.0 Å². The monoisotopic (exact) mass is 442 g/mol. The summed E-state index contributed by atoms with van der Waals surface area (Å²) in [6, 6.07) is 4.33. The van der Waals surface area contributed by atoms with Gasteiger partial charge in [0, 0.05) is 0 Å². The molecule has 14 heteroatoms. The molecule has 0 nitrogen and oxygen atoms in total. The van der Waals surface area contributed by atoms with Gasteiger partial charge in [0.15, 0.2) is 0 Å². The highest BCUT2D eigenvalue weighted by atomic mass is 32.1. The lowest BCUT2D eigenvalue weighted by Gasteiger charge is -2.41. The lowest BCUT2D eigenvalue weighted by molar-refractivity contribution is -0.439. The molecule has 27 heavy (non-hydrogen) atoms. The molecule has 1 atom stereocenters. The van der Waals surface area contributed by atoms with Gasteiger partial charge in [-0.25, -0.2) is 0 Å². The third-order valence-corrected chi connectivity index (χ3v) is 4.04. The van der Waals surface area contributed by atoms with Crippen LogP contribution in [-0.2, 0) is 0 Å². The largest absolute Gasteiger partial charge is 0.460 e. The van der Waals surface area contributed by atoms with Crippen molar-refractivity contribution in [3.8, 4) is 0 Å². The number of hydrogen-bond acceptors (Lipinski definition) is 1. The topological polar surface area (TPSA) is 0 Å². The van der Waals surface area contributed by atoms with E-state index < -0.39 is 46.6 Å². The minimum Gasteiger partial charge on any atom is -0.198 e. The summed E-state index contributed by atoms with van der Waals surface area (Å²) in [7, 11) is 0. The molecular weight excluding hydrogens is 435 g/mol. The fourth-order valence-electron chi connectivity index (χ4n) is 1.80. The summed E-state index contributed by atoms with van der Waals surface area (Å²) in [5.74, 6) is -37.1. The van der Waals surface area contributed by atoms with Crippen molar-refractivity contribution in [2.75, 3.05) is 0 Å². The molecule has 0 amide bonds. The molecule has 1 rings (SSSR count). The van der Waals surface area contributed by atoms with Gasteiger partial charge in [0.2, 0.25) is 0 Å². The lowest BCUT2D eigenvalue weighted by Crippen LogP contribution is -2.70. The molecule has 1 aromatic rings. The van der Waals surface area contributed by atoms with E-state index in [2.05, 4.69) is 12.6 Å². The molecule has 0 aromatic heterocycles. The summed E-state index contributed by atoms with van der Waals surface area (Å²) < 4.78 is 169. The summed E-state index contributed by atoms with van der Waals surface area (Å²) in [6.45, 7) is 0. The van der Waals surface area contributed by atoms with Gasteiger partial charge in [-0.15, -0.1) is 0 Å². The molecule has 0 N–H and O–H groups in total. The van der Waals surface area contributed by atoms with E-state index in [-0.39, 0.29) is 0 Å². The van der Waals surface area contributed by atoms with Crippen LogP contribution >= 0.6 is 12.6 Å². The summed E-state index contributed by atoms with van der Waals surface area (Å²) in [5, 5.41) is -3.24. The minimum atomic E-state index is -7.91. The van der Waals surface area contributed by atoms with Crippen molar-refractivity contribution in [1.29, 1.82) is 0 Å². The molecule has 0 bridgehead atoms. The van der Waals surface area contributed by atoms with Crippen LogP contribution in [0.3, 0.4) is 0 Å². The van der Waals surface area contributed by atoms with Crippen LogP contribution in [0.1, 0.15) is 10.8 Å². The zero-order valence-electron chi connectivity index (χ0n) is 12.3. The van der Waals surface area contributed by atoms with Gasteiger partial charge in [-0.2, -0.15) is 69.7 Å². The van der Waals surface area contributed by atoms with Gasteiger partial charge in [0.25, 0.3) is 0 Å². The molecular formula is C13H7F13S. The summed E-state index contributed by atoms with van der Waals surface area (Å²) in [6.07, 6.45) is -7.43. The Bertz CT molecular complexity index is 650. The zero-order chi connectivity index (χ0) is 21.7. The highest BCUT2D eigenvalue weighted by Gasteiger charge is 2.91. The highest BCUT2D eigenvalue weighted by molar-refractivity contribution is 7.80. The van der Waals surface area contributed by atoms with E-state index in [1.165, 1.54) is 0 Å². The number of hydrogen-bond donors (Lipinski definition) is 1. The average Bonchev–Trinajstić information content (AvgIpc) is 2.53. The summed E-state index contributed by atoms with van der Waals surface area (Å²) in [4.78, 5) is 0. The molecule has 0 fully saturated rings. The first-order valence-corrected chi connectivity index (χ1v) is 6.97. The average molecular weight is 442 g/mol. The quantitative estimate of drug-likeness (QED) is 0.383. The Morgan fingerprint density at radius 2 is 0.926 bits per heavy atom. The Balaban J connectivity index is 3.50. The molecule has 0 aliphatic rings. The van der Waals surface area contributed by atoms with E-state index in [1.807, 2.05) is 0 Å². The minimum absolute atomic E-state index is 0.641. The van der Waals surface area contributed by atoms with Gasteiger partial charge >= 0.3 is 35.8 Å². The normalized spacial score (nSPS) is 16.4. The van der Waals surface area contributed by atoms with Gasteiger partial charge in [0.1, 0.15) is 0 Å². The molecule has 0 aliphatic carbocycles. The Morgan fingerprint density at radius 1 is 0.556 bits per heavy atom. The Kier molecular flexibility index (Phi) is 5.81. The van der Waals surface area contributed by atoms with E-state index >= 15 is 0 Å². The predicted octanol–water partition coefficient (Wildman–Crippen LogP) is 6.40. The predicted molar refractivity (Wildman–Crippen MR) is 69.0 cm³/mol. The first-order valence-electron chi connectivity index (χ1n) is 6.45. The van der Waals surface area contributed by atoms with E-state index in [0.29, 0.717) is 12.1 Å². The lowest BCUT2D eigenvalue weighted by atomic mass is 9.90. The second kappa shape index (κ2) is 6.62. The standard InChI is InChI=1S/C13H7F13S/c14-8(15,7(27)6-4-2-1-3-5-6)9(16,17)10(18,19)11(20,21)12(22,23)13(24,25)26/h1-5,7,27H. The van der Waals surface area contributed by atoms with Crippen LogP contribution in [0.2, 0.25) is 0 Å². The SMILES string of the molecule is FC(F)(F)C(F)(F)C(F)(F)C(F)(F)C(F)(F)C(F)(F)C(S)c1ccccc1. The number of alkyl halides is 13. The second-order valence-electron chi connectivity index (χ2n) is 5.23. The van der Waals surface area contributed by atoms with Crippen LogP contribution < -0.4 is 0 Å². The van der Waals surface area contributed by atoms with Crippen molar-refractivity contribution < 1.29 is 57.1 Å². The second-order valence-corrected chi connectivity index (χ2v) is 5.75. The molecule has 0 saturated heterocycles. The van der Waals surface area contributed by atoms with Crippen molar-refractivity contribution in [3.63, 3.8) is 0 Å². The molecule has 0 aliphatic heterocycles. The van der Waals surface area contributed by atoms with Gasteiger partial charge in [0.05, 0.1) is 5.25 Å². The smallest absolute Gasteiger partial charge is 0.198 e. The van der Waals surface area contributed by atoms with Crippen LogP contribution in [0, 0.1) is 0 Å². The number of rotatable bonds is 6. The summed E-state index contributed by atoms with van der Waals surface area (Å²) in [5.41, 5.74) is -0.910. The molecule has 0 saturated carbocycles. The molecule has 0 spiro atoms. The third kappa shape index (κ3) is 3.33. The van der Waals surface area contributed by atoms with Crippen molar-refractivity contribution in [3.05, 3.63) is 35.9 Å². The Morgan fingerprint density at radius 3 is 1.30 bits per heavy atom. The molecule has 1 unspecified atom stereocenters. The number of benzene rings is 1. The Labute approximate surface area is 147 Å². The highest BCUT2D eigenvalue weighted by Crippen LogP contribution is 2.62. The van der Waals surface area contributed by atoms with Crippen LogP contribution in [0.25, 0.3) is 0 Å². The molecule has 0 heterocycles. The maximum atomic E-state index is 13.8. The van der Waals surface area contributed by atoms with Crippen LogP contribution in [0.4, 0.5) is 57.1 Å². The van der Waals surface area contributed by atoms with Crippen molar-refractivity contribution in [1.82, 2.24) is 0 Å². The molecule has 156 valence electrons. The van der Waals surface area contributed by atoms with Crippen LogP contribution in [0.15, 0.2) is 30.3 Å². The van der Waals surface area contributed by atoms with Gasteiger partial charge in [-0.3, -0.25) is 0 Å². The fraction of sp³-hybridized carbons (Fsp3) is 0.538. The third-order valence-electron chi connectivity index (χ3n) is 3.42. The van der Waals surface area contributed by atoms with E-state index in [1.54, 1.807) is 0 Å². The number of thiol groups is 1. The van der Waals surface area contributed by atoms with E-state index in [9.17, 15) is 57.1 Å². The first kappa shape index (κ1) is 23.7.